The number of azide groups is 1. The van der Waals surface area contributed by atoms with Crippen LogP contribution in [0.25, 0.3) is 10.4 Å². The fraction of sp³-hybridized carbons (Fsp3) is 0.500. The van der Waals surface area contributed by atoms with E-state index >= 15 is 0 Å². The molecule has 0 N–H and O–H groups in total. The quantitative estimate of drug-likeness (QED) is 0.312. The van der Waals surface area contributed by atoms with Crippen LogP contribution in [0, 0.1) is 0 Å². The van der Waals surface area contributed by atoms with E-state index in [-0.39, 0.29) is 0 Å². The molecule has 0 unspecified atom stereocenters. The van der Waals surface area contributed by atoms with Crippen molar-refractivity contribution < 1.29 is 0 Å². The van der Waals surface area contributed by atoms with Gasteiger partial charge in [0.2, 0.25) is 0 Å². The predicted octanol–water partition coefficient (Wildman–Crippen LogP) is 3.31. The van der Waals surface area contributed by atoms with Gasteiger partial charge < -0.3 is 0 Å². The largest absolute Gasteiger partial charge is 0.0841 e. The SMILES string of the molecule is [N-]=[N+]=NC1=C/CCCC/C=C\1. The zero-order valence-electron chi connectivity index (χ0n) is 6.40. The molecule has 0 amide bonds. The van der Waals surface area contributed by atoms with Crippen LogP contribution >= 0.6 is 0 Å². The summed E-state index contributed by atoms with van der Waals surface area (Å²) in [6.45, 7) is 0. The average molecular weight is 149 g/mol. The standard InChI is InChI=1S/C8H11N3/c9-11-10-8-6-4-2-1-3-5-7-8/h4,6-7H,1-3,5H2/b6-4-,8-7+. The summed E-state index contributed by atoms with van der Waals surface area (Å²) in [6, 6.07) is 0. The second-order valence-electron chi connectivity index (χ2n) is 2.51. The monoisotopic (exact) mass is 149 g/mol. The van der Waals surface area contributed by atoms with Crippen LogP contribution in [0.3, 0.4) is 0 Å². The van der Waals surface area contributed by atoms with Crippen molar-refractivity contribution in [3.8, 4) is 0 Å². The lowest BCUT2D eigenvalue weighted by atomic mass is 10.1. The van der Waals surface area contributed by atoms with Crippen molar-refractivity contribution in [2.75, 3.05) is 0 Å². The Balaban J connectivity index is 2.65. The molecule has 1 aliphatic rings. The summed E-state index contributed by atoms with van der Waals surface area (Å²) in [5.74, 6) is 0. The number of nitrogens with zero attached hydrogens (tertiary/aromatic N) is 3. The molecule has 3 heteroatoms. The third-order valence-electron chi connectivity index (χ3n) is 1.63. The third-order valence-corrected chi connectivity index (χ3v) is 1.63. The summed E-state index contributed by atoms with van der Waals surface area (Å²) in [5, 5.41) is 3.54. The van der Waals surface area contributed by atoms with E-state index < -0.39 is 0 Å². The van der Waals surface area contributed by atoms with E-state index in [0.717, 1.165) is 18.5 Å². The Bertz CT molecular complexity index is 221. The molecule has 0 aromatic heterocycles. The average Bonchev–Trinajstić information content (AvgIpc) is 1.94. The van der Waals surface area contributed by atoms with Crippen LogP contribution in [0.4, 0.5) is 0 Å². The third kappa shape index (κ3) is 2.92. The van der Waals surface area contributed by atoms with Crippen molar-refractivity contribution in [3.05, 3.63) is 34.4 Å². The summed E-state index contributed by atoms with van der Waals surface area (Å²) in [7, 11) is 0. The van der Waals surface area contributed by atoms with Crippen LogP contribution in [0.2, 0.25) is 0 Å². The van der Waals surface area contributed by atoms with Crippen LogP contribution in [-0.2, 0) is 0 Å². The van der Waals surface area contributed by atoms with E-state index in [9.17, 15) is 0 Å². The molecule has 1 aliphatic carbocycles. The highest BCUT2D eigenvalue weighted by Crippen LogP contribution is 2.11. The first-order valence-electron chi connectivity index (χ1n) is 3.85. The van der Waals surface area contributed by atoms with Crippen LogP contribution in [0.5, 0.6) is 0 Å². The Hall–Kier alpha value is -1.21. The molecule has 0 spiro atoms. The molecule has 0 radical (unpaired) electrons. The van der Waals surface area contributed by atoms with Crippen LogP contribution in [0.1, 0.15) is 25.7 Å². The molecule has 11 heavy (non-hydrogen) atoms. The predicted molar refractivity (Wildman–Crippen MR) is 44.8 cm³/mol. The first-order valence-corrected chi connectivity index (χ1v) is 3.85. The minimum absolute atomic E-state index is 0.757. The zero-order chi connectivity index (χ0) is 7.94. The summed E-state index contributed by atoms with van der Waals surface area (Å²) in [5.41, 5.74) is 8.92. The van der Waals surface area contributed by atoms with Gasteiger partial charge in [0.15, 0.2) is 0 Å². The normalized spacial score (nSPS) is 25.3. The minimum Gasteiger partial charge on any atom is -0.0841 e. The molecule has 0 saturated heterocycles. The second-order valence-corrected chi connectivity index (χ2v) is 2.51. The molecule has 0 aromatic carbocycles. The molecule has 0 heterocycles. The van der Waals surface area contributed by atoms with E-state index in [1.807, 2.05) is 12.2 Å². The molecule has 1 rings (SSSR count). The van der Waals surface area contributed by atoms with Crippen molar-refractivity contribution in [1.29, 1.82) is 0 Å². The maximum Gasteiger partial charge on any atom is 0.0332 e. The van der Waals surface area contributed by atoms with Crippen molar-refractivity contribution in [2.45, 2.75) is 25.7 Å². The number of hydrogen-bond acceptors (Lipinski definition) is 1. The van der Waals surface area contributed by atoms with Gasteiger partial charge >= 0.3 is 0 Å². The molecule has 3 nitrogen and oxygen atoms in total. The van der Waals surface area contributed by atoms with Gasteiger partial charge in [-0.05, 0) is 31.2 Å². The van der Waals surface area contributed by atoms with E-state index in [1.54, 1.807) is 0 Å². The van der Waals surface area contributed by atoms with Gasteiger partial charge in [0.05, 0.1) is 0 Å². The molecule has 0 fully saturated rings. The van der Waals surface area contributed by atoms with Gasteiger partial charge in [0.1, 0.15) is 0 Å². The molecule has 0 atom stereocenters. The molecular formula is C8H11N3. The zero-order valence-corrected chi connectivity index (χ0v) is 6.40. The maximum absolute atomic E-state index is 8.16. The number of hydrogen-bond donors (Lipinski definition) is 0. The first-order chi connectivity index (χ1) is 5.43. The highest BCUT2D eigenvalue weighted by atomic mass is 15.1. The van der Waals surface area contributed by atoms with E-state index in [4.69, 9.17) is 5.53 Å². The molecule has 0 aromatic rings. The Kier molecular flexibility index (Phi) is 3.29. The lowest BCUT2D eigenvalue weighted by Gasteiger charge is -1.99. The van der Waals surface area contributed by atoms with Crippen molar-refractivity contribution in [2.24, 2.45) is 5.11 Å². The number of allylic oxidation sites excluding steroid dienone is 3. The molecule has 0 bridgehead atoms. The van der Waals surface area contributed by atoms with E-state index in [2.05, 4.69) is 16.1 Å². The molecular weight excluding hydrogens is 138 g/mol. The van der Waals surface area contributed by atoms with E-state index in [1.165, 1.54) is 12.8 Å². The Labute approximate surface area is 66.0 Å². The van der Waals surface area contributed by atoms with Crippen molar-refractivity contribution in [3.63, 3.8) is 0 Å². The number of rotatable bonds is 1. The highest BCUT2D eigenvalue weighted by Gasteiger charge is 1.92. The Morgan fingerprint density at radius 3 is 3.00 bits per heavy atom. The Morgan fingerprint density at radius 2 is 2.18 bits per heavy atom. The van der Waals surface area contributed by atoms with Gasteiger partial charge in [0.25, 0.3) is 0 Å². The summed E-state index contributed by atoms with van der Waals surface area (Å²) < 4.78 is 0. The molecule has 0 aliphatic heterocycles. The van der Waals surface area contributed by atoms with Gasteiger partial charge in [-0.15, -0.1) is 0 Å². The molecule has 58 valence electrons. The van der Waals surface area contributed by atoms with Crippen molar-refractivity contribution in [1.82, 2.24) is 0 Å². The summed E-state index contributed by atoms with van der Waals surface area (Å²) >= 11 is 0. The topological polar surface area (TPSA) is 48.8 Å². The van der Waals surface area contributed by atoms with E-state index in [0.29, 0.717) is 0 Å². The van der Waals surface area contributed by atoms with Gasteiger partial charge in [-0.1, -0.05) is 23.3 Å². The lowest BCUT2D eigenvalue weighted by Crippen LogP contribution is -1.79. The fourth-order valence-electron chi connectivity index (χ4n) is 1.05. The van der Waals surface area contributed by atoms with Gasteiger partial charge in [-0.25, -0.2) is 0 Å². The maximum atomic E-state index is 8.16. The summed E-state index contributed by atoms with van der Waals surface area (Å²) in [4.78, 5) is 2.74. The smallest absolute Gasteiger partial charge is 0.0332 e. The molecule has 0 saturated carbocycles. The second kappa shape index (κ2) is 4.58. The van der Waals surface area contributed by atoms with Gasteiger partial charge in [-0.3, -0.25) is 0 Å². The van der Waals surface area contributed by atoms with Crippen LogP contribution < -0.4 is 0 Å². The Morgan fingerprint density at radius 1 is 1.36 bits per heavy atom. The lowest BCUT2D eigenvalue weighted by molar-refractivity contribution is 0.754. The fourth-order valence-corrected chi connectivity index (χ4v) is 1.05. The van der Waals surface area contributed by atoms with Gasteiger partial charge in [-0.2, -0.15) is 0 Å². The summed E-state index contributed by atoms with van der Waals surface area (Å²) in [6.07, 6.45) is 10.5. The highest BCUT2D eigenvalue weighted by molar-refractivity contribution is 5.17. The van der Waals surface area contributed by atoms with Crippen LogP contribution in [-0.4, -0.2) is 0 Å². The first kappa shape index (κ1) is 7.89. The van der Waals surface area contributed by atoms with Gasteiger partial charge in [0, 0.05) is 10.6 Å². The minimum atomic E-state index is 0.757. The van der Waals surface area contributed by atoms with Crippen LogP contribution in [0.15, 0.2) is 29.0 Å². The van der Waals surface area contributed by atoms with Crippen molar-refractivity contribution >= 4 is 0 Å².